The van der Waals surface area contributed by atoms with Gasteiger partial charge in [-0.3, -0.25) is 0 Å². The molecule has 0 amide bonds. The van der Waals surface area contributed by atoms with Crippen LogP contribution >= 0.6 is 0 Å². The van der Waals surface area contributed by atoms with Crippen molar-refractivity contribution in [2.75, 3.05) is 83.9 Å². The average molecular weight is 773 g/mol. The fraction of sp³-hybridized carbons (Fsp3) is 0.190. The van der Waals surface area contributed by atoms with Gasteiger partial charge in [0.25, 0.3) is 0 Å². The lowest BCUT2D eigenvalue weighted by atomic mass is 10.1. The van der Waals surface area contributed by atoms with E-state index in [0.717, 1.165) is 44.0 Å². The molecule has 0 aliphatic carbocycles. The lowest BCUT2D eigenvalue weighted by Crippen LogP contribution is -2.37. The number of hydrogen-bond acceptors (Lipinski definition) is 16. The predicted molar refractivity (Wildman–Crippen MR) is 229 cm³/mol. The Morgan fingerprint density at radius 1 is 0.448 bits per heavy atom. The van der Waals surface area contributed by atoms with Crippen LogP contribution in [-0.4, -0.2) is 94.9 Å². The summed E-state index contributed by atoms with van der Waals surface area (Å²) < 4.78 is 11.1. The summed E-state index contributed by atoms with van der Waals surface area (Å²) in [7, 11) is 0. The van der Waals surface area contributed by atoms with Crippen molar-refractivity contribution in [3.05, 3.63) is 120 Å². The number of nitrogens with one attached hydrogen (secondary N) is 4. The highest BCUT2D eigenvalue weighted by atomic mass is 16.5. The Morgan fingerprint density at radius 2 is 0.845 bits per heavy atom. The van der Waals surface area contributed by atoms with Crippen molar-refractivity contribution in [1.82, 2.24) is 29.9 Å². The van der Waals surface area contributed by atoms with E-state index in [1.807, 2.05) is 72.8 Å². The second-order valence-electron chi connectivity index (χ2n) is 13.5. The summed E-state index contributed by atoms with van der Waals surface area (Å²) in [5.41, 5.74) is 9.53. The van der Waals surface area contributed by atoms with Crippen molar-refractivity contribution >= 4 is 81.0 Å². The van der Waals surface area contributed by atoms with Crippen LogP contribution in [0.3, 0.4) is 0 Å². The van der Waals surface area contributed by atoms with Crippen molar-refractivity contribution in [3.8, 4) is 0 Å². The molecule has 0 atom stereocenters. The van der Waals surface area contributed by atoms with Crippen LogP contribution in [0, 0.1) is 0 Å². The van der Waals surface area contributed by atoms with Crippen LogP contribution in [0.5, 0.6) is 0 Å². The van der Waals surface area contributed by atoms with Crippen LogP contribution in [-0.2, 0) is 9.47 Å². The summed E-state index contributed by atoms with van der Waals surface area (Å²) in [4.78, 5) is 32.3. The summed E-state index contributed by atoms with van der Waals surface area (Å²) in [6.07, 6.45) is 3.41. The van der Waals surface area contributed by atoms with E-state index in [1.54, 1.807) is 12.4 Å². The molecule has 2 saturated heterocycles. The molecular formula is C42H40N14O2. The van der Waals surface area contributed by atoms with Crippen molar-refractivity contribution < 1.29 is 9.47 Å². The number of fused-ring (bicyclic) bond motifs is 2. The minimum Gasteiger partial charge on any atom is -0.378 e. The van der Waals surface area contributed by atoms with Crippen molar-refractivity contribution in [1.29, 1.82) is 0 Å². The number of morpholine rings is 2. The van der Waals surface area contributed by atoms with Gasteiger partial charge in [-0.15, -0.1) is 0 Å². The molecule has 0 saturated carbocycles. The predicted octanol–water partition coefficient (Wildman–Crippen LogP) is 6.42. The maximum absolute atomic E-state index is 5.55. The largest absolute Gasteiger partial charge is 0.378 e. The maximum atomic E-state index is 5.55. The molecule has 2 aliphatic rings. The summed E-state index contributed by atoms with van der Waals surface area (Å²) in [5, 5.41) is 20.0. The van der Waals surface area contributed by atoms with Gasteiger partial charge in [0, 0.05) is 48.3 Å². The Hall–Kier alpha value is -7.30. The molecule has 4 heterocycles. The molecule has 5 aromatic carbocycles. The van der Waals surface area contributed by atoms with Gasteiger partial charge in [0.2, 0.25) is 35.7 Å². The Labute approximate surface area is 334 Å². The van der Waals surface area contributed by atoms with E-state index in [1.165, 1.54) is 0 Å². The Morgan fingerprint density at radius 3 is 1.29 bits per heavy atom. The van der Waals surface area contributed by atoms with E-state index >= 15 is 0 Å². The number of benzene rings is 5. The van der Waals surface area contributed by atoms with E-state index in [2.05, 4.69) is 97.8 Å². The molecule has 0 unspecified atom stereocenters. The highest BCUT2D eigenvalue weighted by molar-refractivity contribution is 5.96. The van der Waals surface area contributed by atoms with Crippen LogP contribution in [0.2, 0.25) is 0 Å². The van der Waals surface area contributed by atoms with Crippen molar-refractivity contribution in [2.24, 2.45) is 10.2 Å². The number of rotatable bonds is 12. The number of hydrogen-bond donors (Lipinski definition) is 4. The van der Waals surface area contributed by atoms with E-state index in [-0.39, 0.29) is 0 Å². The standard InChI is InChI=1S/C42H40N14O2/c1-3-11-33-31(7-1)9-5-13-35(33)45-37-47-39(51-41(49-37)55-19-23-57-24-20-55)53-43-27-29-15-17-30(18-16-29)28-44-54-40-48-38(50-42(52-40)56-21-25-58-26-22-56)46-36-14-6-10-32-8-2-4-12-34(32)36/h1-18,27-28H,19-26H2,(H2,45,47,49,51,53)(H2,46,48,50,52,54)/b43-27+,44-28+. The van der Waals surface area contributed by atoms with Crippen LogP contribution in [0.15, 0.2) is 119 Å². The first-order valence-electron chi connectivity index (χ1n) is 19.1. The van der Waals surface area contributed by atoms with Gasteiger partial charge >= 0.3 is 0 Å². The lowest BCUT2D eigenvalue weighted by molar-refractivity contribution is 0.122. The van der Waals surface area contributed by atoms with Gasteiger partial charge in [0.05, 0.1) is 38.9 Å². The molecule has 58 heavy (non-hydrogen) atoms. The van der Waals surface area contributed by atoms with Gasteiger partial charge in [-0.1, -0.05) is 97.1 Å². The molecule has 0 spiro atoms. The summed E-state index contributed by atoms with van der Waals surface area (Å²) in [5.74, 6) is 2.54. The first-order valence-corrected chi connectivity index (χ1v) is 19.1. The highest BCUT2D eigenvalue weighted by Gasteiger charge is 2.19. The van der Waals surface area contributed by atoms with Crippen molar-refractivity contribution in [3.63, 3.8) is 0 Å². The monoisotopic (exact) mass is 772 g/mol. The smallest absolute Gasteiger partial charge is 0.250 e. The Bertz CT molecular complexity index is 2390. The molecule has 2 aliphatic heterocycles. The Kier molecular flexibility index (Phi) is 10.8. The van der Waals surface area contributed by atoms with Crippen LogP contribution in [0.4, 0.5) is 47.1 Å². The second-order valence-corrected chi connectivity index (χ2v) is 13.5. The first kappa shape index (κ1) is 36.3. The molecule has 2 fully saturated rings. The van der Waals surface area contributed by atoms with Gasteiger partial charge in [-0.05, 0) is 34.0 Å². The third-order valence-corrected chi connectivity index (χ3v) is 9.60. The molecule has 2 aromatic heterocycles. The van der Waals surface area contributed by atoms with Gasteiger partial charge in [0.15, 0.2) is 0 Å². The quantitative estimate of drug-likeness (QED) is 0.0792. The number of aromatic nitrogens is 6. The molecule has 9 rings (SSSR count). The van der Waals surface area contributed by atoms with E-state index in [9.17, 15) is 0 Å². The zero-order valence-corrected chi connectivity index (χ0v) is 31.5. The first-order chi connectivity index (χ1) is 28.7. The molecule has 16 nitrogen and oxygen atoms in total. The zero-order valence-electron chi connectivity index (χ0n) is 31.5. The van der Waals surface area contributed by atoms with Crippen LogP contribution in [0.25, 0.3) is 21.5 Å². The third kappa shape index (κ3) is 8.72. The number of hydrazone groups is 2. The minimum absolute atomic E-state index is 0.316. The van der Waals surface area contributed by atoms with E-state index in [0.29, 0.717) is 88.3 Å². The SMILES string of the molecule is C(=N\Nc1nc(Nc2cccc3ccccc23)nc(N2CCOCC2)n1)/c1ccc(/C=N/Nc2nc(Nc3cccc4ccccc34)nc(N3CCOCC3)n2)cc1. The van der Waals surface area contributed by atoms with Gasteiger partial charge in [-0.2, -0.15) is 40.1 Å². The summed E-state index contributed by atoms with van der Waals surface area (Å²) in [6.45, 7) is 5.15. The second kappa shape index (κ2) is 17.2. The van der Waals surface area contributed by atoms with E-state index < -0.39 is 0 Å². The van der Waals surface area contributed by atoms with Crippen LogP contribution < -0.4 is 31.3 Å². The van der Waals surface area contributed by atoms with Crippen molar-refractivity contribution in [2.45, 2.75) is 0 Å². The molecule has 16 heteroatoms. The molecule has 0 radical (unpaired) electrons. The molecule has 7 aromatic rings. The normalized spacial score (nSPS) is 14.7. The average Bonchev–Trinajstić information content (AvgIpc) is 3.28. The number of ether oxygens (including phenoxy) is 2. The van der Waals surface area contributed by atoms with Crippen LogP contribution in [0.1, 0.15) is 11.1 Å². The zero-order chi connectivity index (χ0) is 38.9. The molecular weight excluding hydrogens is 733 g/mol. The number of anilines is 8. The highest BCUT2D eigenvalue weighted by Crippen LogP contribution is 2.28. The van der Waals surface area contributed by atoms with Gasteiger partial charge < -0.3 is 29.9 Å². The lowest BCUT2D eigenvalue weighted by Gasteiger charge is -2.27. The molecule has 0 bridgehead atoms. The third-order valence-electron chi connectivity index (χ3n) is 9.60. The fourth-order valence-corrected chi connectivity index (χ4v) is 6.66. The van der Waals surface area contributed by atoms with Gasteiger partial charge in [-0.25, -0.2) is 10.9 Å². The fourth-order valence-electron chi connectivity index (χ4n) is 6.66. The van der Waals surface area contributed by atoms with E-state index in [4.69, 9.17) is 19.4 Å². The number of nitrogens with zero attached hydrogens (tertiary/aromatic N) is 10. The maximum Gasteiger partial charge on any atom is 0.250 e. The minimum atomic E-state index is 0.316. The molecule has 290 valence electrons. The summed E-state index contributed by atoms with van der Waals surface area (Å²) >= 11 is 0. The van der Waals surface area contributed by atoms with Gasteiger partial charge in [0.1, 0.15) is 0 Å². The summed E-state index contributed by atoms with van der Waals surface area (Å²) in [6, 6.07) is 36.3. The molecule has 4 N–H and O–H groups in total. The topological polar surface area (TPSA) is 175 Å². The Balaban J connectivity index is 0.878.